The zero-order chi connectivity index (χ0) is 16.0. The second kappa shape index (κ2) is 8.28. The fourth-order valence-corrected chi connectivity index (χ4v) is 2.72. The second-order valence-electron chi connectivity index (χ2n) is 6.60. The first-order valence-electron chi connectivity index (χ1n) is 7.99. The van der Waals surface area contributed by atoms with Gasteiger partial charge in [0.15, 0.2) is 0 Å². The SMILES string of the molecule is CNC(C)c1c(OC)cccc1N(CC(C)C)CC(C)C. The standard InChI is InChI=1S/C18H32N2O/c1-13(2)11-20(12-14(3)4)16-9-8-10-17(21-7)18(16)15(5)19-6/h8-10,13-15,19H,11-12H2,1-7H3. The van der Waals surface area contributed by atoms with Gasteiger partial charge in [0.05, 0.1) is 7.11 Å². The van der Waals surface area contributed by atoms with Gasteiger partial charge in [-0.25, -0.2) is 0 Å². The van der Waals surface area contributed by atoms with Crippen LogP contribution < -0.4 is 15.0 Å². The van der Waals surface area contributed by atoms with Crippen LogP contribution in [0.4, 0.5) is 5.69 Å². The third-order valence-corrected chi connectivity index (χ3v) is 3.64. The van der Waals surface area contributed by atoms with E-state index in [0.717, 1.165) is 18.8 Å². The molecule has 3 heteroatoms. The van der Waals surface area contributed by atoms with Crippen LogP contribution in [0.2, 0.25) is 0 Å². The zero-order valence-corrected chi connectivity index (χ0v) is 14.7. The van der Waals surface area contributed by atoms with Crippen molar-refractivity contribution in [2.24, 2.45) is 11.8 Å². The van der Waals surface area contributed by atoms with E-state index in [-0.39, 0.29) is 6.04 Å². The first-order valence-corrected chi connectivity index (χ1v) is 7.99. The maximum atomic E-state index is 5.60. The molecule has 120 valence electrons. The van der Waals surface area contributed by atoms with Crippen molar-refractivity contribution in [1.29, 1.82) is 0 Å². The Kier molecular flexibility index (Phi) is 7.03. The van der Waals surface area contributed by atoms with E-state index >= 15 is 0 Å². The Morgan fingerprint density at radius 2 is 1.62 bits per heavy atom. The smallest absolute Gasteiger partial charge is 0.125 e. The van der Waals surface area contributed by atoms with E-state index in [1.54, 1.807) is 7.11 Å². The van der Waals surface area contributed by atoms with Crippen LogP contribution in [-0.4, -0.2) is 27.2 Å². The van der Waals surface area contributed by atoms with Crippen LogP contribution in [0.5, 0.6) is 5.75 Å². The van der Waals surface area contributed by atoms with Gasteiger partial charge in [0.1, 0.15) is 5.75 Å². The van der Waals surface area contributed by atoms with Gasteiger partial charge in [-0.3, -0.25) is 0 Å². The predicted octanol–water partition coefficient (Wildman–Crippen LogP) is 4.09. The molecule has 1 N–H and O–H groups in total. The van der Waals surface area contributed by atoms with E-state index in [0.29, 0.717) is 11.8 Å². The molecule has 0 spiro atoms. The van der Waals surface area contributed by atoms with Gasteiger partial charge in [-0.1, -0.05) is 33.8 Å². The molecule has 1 aromatic carbocycles. The molecule has 1 rings (SSSR count). The highest BCUT2D eigenvalue weighted by Crippen LogP contribution is 2.35. The van der Waals surface area contributed by atoms with Gasteiger partial charge < -0.3 is 15.0 Å². The van der Waals surface area contributed by atoms with Crippen molar-refractivity contribution >= 4 is 5.69 Å². The highest BCUT2D eigenvalue weighted by atomic mass is 16.5. The summed E-state index contributed by atoms with van der Waals surface area (Å²) in [5.74, 6) is 2.23. The summed E-state index contributed by atoms with van der Waals surface area (Å²) < 4.78 is 5.60. The lowest BCUT2D eigenvalue weighted by Gasteiger charge is -2.32. The number of methoxy groups -OCH3 is 1. The van der Waals surface area contributed by atoms with Crippen molar-refractivity contribution in [1.82, 2.24) is 5.32 Å². The molecule has 0 aromatic heterocycles. The van der Waals surface area contributed by atoms with Gasteiger partial charge in [-0.05, 0) is 37.9 Å². The first kappa shape index (κ1) is 17.8. The first-order chi connectivity index (χ1) is 9.90. The molecule has 0 radical (unpaired) electrons. The minimum Gasteiger partial charge on any atom is -0.496 e. The number of hydrogen-bond acceptors (Lipinski definition) is 3. The highest BCUT2D eigenvalue weighted by molar-refractivity contribution is 5.61. The summed E-state index contributed by atoms with van der Waals surface area (Å²) in [4.78, 5) is 2.50. The number of benzene rings is 1. The number of ether oxygens (including phenoxy) is 1. The van der Waals surface area contributed by atoms with E-state index < -0.39 is 0 Å². The van der Waals surface area contributed by atoms with Gasteiger partial charge in [-0.15, -0.1) is 0 Å². The maximum Gasteiger partial charge on any atom is 0.125 e. The summed E-state index contributed by atoms with van der Waals surface area (Å²) >= 11 is 0. The van der Waals surface area contributed by atoms with Gasteiger partial charge in [-0.2, -0.15) is 0 Å². The van der Waals surface area contributed by atoms with Crippen LogP contribution in [0.3, 0.4) is 0 Å². The largest absolute Gasteiger partial charge is 0.496 e. The molecular formula is C18H32N2O. The molecular weight excluding hydrogens is 260 g/mol. The van der Waals surface area contributed by atoms with Crippen LogP contribution in [0.25, 0.3) is 0 Å². The molecule has 0 aliphatic rings. The summed E-state index contributed by atoms with van der Waals surface area (Å²) in [5, 5.41) is 3.35. The minimum atomic E-state index is 0.262. The Morgan fingerprint density at radius 3 is 2.05 bits per heavy atom. The molecule has 0 fully saturated rings. The summed E-state index contributed by atoms with van der Waals surface area (Å²) in [7, 11) is 3.75. The van der Waals surface area contributed by atoms with E-state index in [9.17, 15) is 0 Å². The molecule has 0 aliphatic heterocycles. The van der Waals surface area contributed by atoms with Gasteiger partial charge in [0.2, 0.25) is 0 Å². The fraction of sp³-hybridized carbons (Fsp3) is 0.667. The van der Waals surface area contributed by atoms with Gasteiger partial charge >= 0.3 is 0 Å². The van der Waals surface area contributed by atoms with Crippen LogP contribution in [-0.2, 0) is 0 Å². The molecule has 1 aromatic rings. The van der Waals surface area contributed by atoms with Crippen molar-refractivity contribution in [2.75, 3.05) is 32.1 Å². The topological polar surface area (TPSA) is 24.5 Å². The Hall–Kier alpha value is -1.22. The second-order valence-corrected chi connectivity index (χ2v) is 6.60. The molecule has 0 heterocycles. The summed E-state index contributed by atoms with van der Waals surface area (Å²) in [6.45, 7) is 13.4. The molecule has 1 atom stereocenters. The highest BCUT2D eigenvalue weighted by Gasteiger charge is 2.20. The molecule has 0 amide bonds. The normalized spacial score (nSPS) is 12.8. The zero-order valence-electron chi connectivity index (χ0n) is 14.7. The van der Waals surface area contributed by atoms with Crippen LogP contribution in [0.1, 0.15) is 46.2 Å². The number of nitrogens with one attached hydrogen (secondary N) is 1. The van der Waals surface area contributed by atoms with Gasteiger partial charge in [0, 0.05) is 30.4 Å². The van der Waals surface area contributed by atoms with Crippen molar-refractivity contribution in [3.8, 4) is 5.75 Å². The number of hydrogen-bond donors (Lipinski definition) is 1. The van der Waals surface area contributed by atoms with E-state index in [1.165, 1.54) is 11.3 Å². The van der Waals surface area contributed by atoms with Crippen molar-refractivity contribution in [3.05, 3.63) is 23.8 Å². The lowest BCUT2D eigenvalue weighted by atomic mass is 10.0. The van der Waals surface area contributed by atoms with E-state index in [1.807, 2.05) is 7.05 Å². The molecule has 0 bridgehead atoms. The Labute approximate surface area is 130 Å². The summed E-state index contributed by atoms with van der Waals surface area (Å²) in [5.41, 5.74) is 2.54. The third-order valence-electron chi connectivity index (χ3n) is 3.64. The number of nitrogens with zero attached hydrogens (tertiary/aromatic N) is 1. The Balaban J connectivity index is 3.28. The molecule has 0 aliphatic carbocycles. The average molecular weight is 292 g/mol. The molecule has 1 unspecified atom stereocenters. The Bertz CT molecular complexity index is 419. The third kappa shape index (κ3) is 4.92. The van der Waals surface area contributed by atoms with Crippen LogP contribution in [0, 0.1) is 11.8 Å². The van der Waals surface area contributed by atoms with Crippen molar-refractivity contribution in [2.45, 2.75) is 40.7 Å². The average Bonchev–Trinajstić information content (AvgIpc) is 2.43. The summed E-state index contributed by atoms with van der Waals surface area (Å²) in [6.07, 6.45) is 0. The molecule has 0 saturated carbocycles. The quantitative estimate of drug-likeness (QED) is 0.781. The maximum absolute atomic E-state index is 5.60. The molecule has 0 saturated heterocycles. The van der Waals surface area contributed by atoms with E-state index in [4.69, 9.17) is 4.74 Å². The Morgan fingerprint density at radius 1 is 1.05 bits per heavy atom. The van der Waals surface area contributed by atoms with Gasteiger partial charge in [0.25, 0.3) is 0 Å². The number of rotatable bonds is 8. The lowest BCUT2D eigenvalue weighted by Crippen LogP contribution is -2.33. The minimum absolute atomic E-state index is 0.262. The monoisotopic (exact) mass is 292 g/mol. The van der Waals surface area contributed by atoms with Crippen molar-refractivity contribution in [3.63, 3.8) is 0 Å². The number of anilines is 1. The fourth-order valence-electron chi connectivity index (χ4n) is 2.72. The molecule has 21 heavy (non-hydrogen) atoms. The van der Waals surface area contributed by atoms with Crippen LogP contribution in [0.15, 0.2) is 18.2 Å². The van der Waals surface area contributed by atoms with Crippen molar-refractivity contribution < 1.29 is 4.74 Å². The van der Waals surface area contributed by atoms with Crippen LogP contribution >= 0.6 is 0 Å². The predicted molar refractivity (Wildman–Crippen MR) is 92.4 cm³/mol. The lowest BCUT2D eigenvalue weighted by molar-refractivity contribution is 0.403. The van der Waals surface area contributed by atoms with E-state index in [2.05, 4.69) is 63.0 Å². The summed E-state index contributed by atoms with van der Waals surface area (Å²) in [6, 6.07) is 6.62. The molecule has 3 nitrogen and oxygen atoms in total.